The van der Waals surface area contributed by atoms with Gasteiger partial charge >= 0.3 is 0 Å². The van der Waals surface area contributed by atoms with Crippen LogP contribution in [-0.4, -0.2) is 11.0 Å². The van der Waals surface area contributed by atoms with E-state index in [1.54, 1.807) is 0 Å². The van der Waals surface area contributed by atoms with E-state index in [4.69, 9.17) is 5.73 Å². The Kier molecular flexibility index (Phi) is 2.91. The van der Waals surface area contributed by atoms with Crippen LogP contribution in [0.4, 0.5) is 5.82 Å². The first kappa shape index (κ1) is 10.4. The lowest BCUT2D eigenvalue weighted by molar-refractivity contribution is 0.694. The van der Waals surface area contributed by atoms with Gasteiger partial charge in [-0.2, -0.15) is 0 Å². The van der Waals surface area contributed by atoms with E-state index in [-0.39, 0.29) is 6.04 Å². The molecule has 1 fully saturated rings. The summed E-state index contributed by atoms with van der Waals surface area (Å²) >= 11 is 0. The highest BCUT2D eigenvalue weighted by atomic mass is 15.0. The van der Waals surface area contributed by atoms with E-state index in [1.807, 2.05) is 6.20 Å². The fourth-order valence-corrected chi connectivity index (χ4v) is 1.61. The number of hydrogen-bond acceptors (Lipinski definition) is 3. The second kappa shape index (κ2) is 4.19. The number of aromatic nitrogens is 1. The van der Waals surface area contributed by atoms with E-state index in [1.165, 1.54) is 18.4 Å². The molecule has 0 saturated heterocycles. The standard InChI is InChI=1S/C12H19N3/c1-3-11(13)9-6-8(2)12(14-7-9)15-10-4-5-10/h6-7,10-11H,3-5,13H2,1-2H3,(H,14,15). The van der Waals surface area contributed by atoms with Gasteiger partial charge in [0.05, 0.1) is 0 Å². The average molecular weight is 205 g/mol. The van der Waals surface area contributed by atoms with Crippen LogP contribution in [0.1, 0.15) is 43.4 Å². The van der Waals surface area contributed by atoms with E-state index in [0.29, 0.717) is 6.04 Å². The summed E-state index contributed by atoms with van der Waals surface area (Å²) in [6.07, 6.45) is 5.40. The molecule has 3 nitrogen and oxygen atoms in total. The molecule has 0 radical (unpaired) electrons. The molecule has 1 aliphatic carbocycles. The minimum atomic E-state index is 0.117. The second-order valence-corrected chi connectivity index (χ2v) is 4.37. The number of hydrogen-bond donors (Lipinski definition) is 2. The largest absolute Gasteiger partial charge is 0.367 e. The third-order valence-corrected chi connectivity index (χ3v) is 2.89. The molecule has 0 amide bonds. The van der Waals surface area contributed by atoms with Crippen LogP contribution in [0.25, 0.3) is 0 Å². The van der Waals surface area contributed by atoms with Crippen molar-refractivity contribution < 1.29 is 0 Å². The molecule has 1 atom stereocenters. The molecular formula is C12H19N3. The van der Waals surface area contributed by atoms with E-state index >= 15 is 0 Å². The van der Waals surface area contributed by atoms with Gasteiger partial charge in [-0.15, -0.1) is 0 Å². The van der Waals surface area contributed by atoms with E-state index in [9.17, 15) is 0 Å². The van der Waals surface area contributed by atoms with Gasteiger partial charge in [0.1, 0.15) is 5.82 Å². The number of nitrogens with two attached hydrogens (primary N) is 1. The van der Waals surface area contributed by atoms with Crippen molar-refractivity contribution in [3.63, 3.8) is 0 Å². The zero-order valence-electron chi connectivity index (χ0n) is 9.46. The van der Waals surface area contributed by atoms with Crippen molar-refractivity contribution in [2.24, 2.45) is 5.73 Å². The van der Waals surface area contributed by atoms with Crippen molar-refractivity contribution in [2.75, 3.05) is 5.32 Å². The van der Waals surface area contributed by atoms with Gasteiger partial charge in [0.25, 0.3) is 0 Å². The van der Waals surface area contributed by atoms with E-state index in [2.05, 4.69) is 30.2 Å². The zero-order chi connectivity index (χ0) is 10.8. The van der Waals surface area contributed by atoms with Crippen molar-refractivity contribution in [3.05, 3.63) is 23.4 Å². The van der Waals surface area contributed by atoms with Gasteiger partial charge in [0, 0.05) is 18.3 Å². The van der Waals surface area contributed by atoms with Crippen LogP contribution in [0.15, 0.2) is 12.3 Å². The lowest BCUT2D eigenvalue weighted by Gasteiger charge is -2.12. The minimum absolute atomic E-state index is 0.117. The van der Waals surface area contributed by atoms with Gasteiger partial charge in [0.15, 0.2) is 0 Å². The molecule has 3 N–H and O–H groups in total. The van der Waals surface area contributed by atoms with Gasteiger partial charge in [-0.05, 0) is 43.4 Å². The highest BCUT2D eigenvalue weighted by Crippen LogP contribution is 2.26. The summed E-state index contributed by atoms with van der Waals surface area (Å²) in [6, 6.07) is 2.92. The number of anilines is 1. The Balaban J connectivity index is 2.13. The highest BCUT2D eigenvalue weighted by Gasteiger charge is 2.22. The maximum absolute atomic E-state index is 5.97. The van der Waals surface area contributed by atoms with Gasteiger partial charge in [0.2, 0.25) is 0 Å². The summed E-state index contributed by atoms with van der Waals surface area (Å²) in [6.45, 7) is 4.18. The Bertz CT molecular complexity index is 345. The fourth-order valence-electron chi connectivity index (χ4n) is 1.61. The molecule has 0 aliphatic heterocycles. The Hall–Kier alpha value is -1.09. The molecule has 1 aliphatic rings. The molecule has 1 unspecified atom stereocenters. The highest BCUT2D eigenvalue weighted by molar-refractivity contribution is 5.46. The molecule has 2 rings (SSSR count). The third kappa shape index (κ3) is 2.48. The number of rotatable bonds is 4. The number of nitrogens with one attached hydrogen (secondary N) is 1. The molecule has 1 heterocycles. The Morgan fingerprint density at radius 2 is 2.33 bits per heavy atom. The lowest BCUT2D eigenvalue weighted by Crippen LogP contribution is -2.11. The quantitative estimate of drug-likeness (QED) is 0.793. The first-order valence-corrected chi connectivity index (χ1v) is 5.69. The Morgan fingerprint density at radius 1 is 1.60 bits per heavy atom. The van der Waals surface area contributed by atoms with Crippen LogP contribution in [0.2, 0.25) is 0 Å². The topological polar surface area (TPSA) is 50.9 Å². The molecule has 1 aromatic heterocycles. The van der Waals surface area contributed by atoms with E-state index in [0.717, 1.165) is 17.8 Å². The predicted octanol–water partition coefficient (Wildman–Crippen LogP) is 2.37. The summed E-state index contributed by atoms with van der Waals surface area (Å²) < 4.78 is 0. The van der Waals surface area contributed by atoms with Crippen LogP contribution < -0.4 is 11.1 Å². The van der Waals surface area contributed by atoms with E-state index < -0.39 is 0 Å². The first-order valence-electron chi connectivity index (χ1n) is 5.69. The fraction of sp³-hybridized carbons (Fsp3) is 0.583. The first-order chi connectivity index (χ1) is 7.20. The molecule has 0 spiro atoms. The molecule has 0 aromatic carbocycles. The molecule has 1 saturated carbocycles. The van der Waals surface area contributed by atoms with Crippen molar-refractivity contribution in [3.8, 4) is 0 Å². The smallest absolute Gasteiger partial charge is 0.129 e. The van der Waals surface area contributed by atoms with Crippen molar-refractivity contribution in [1.82, 2.24) is 4.98 Å². The molecule has 0 bridgehead atoms. The summed E-state index contributed by atoms with van der Waals surface area (Å²) in [5.74, 6) is 1.02. The van der Waals surface area contributed by atoms with Gasteiger partial charge in [-0.3, -0.25) is 0 Å². The number of pyridine rings is 1. The molecule has 82 valence electrons. The monoisotopic (exact) mass is 205 g/mol. The van der Waals surface area contributed by atoms with Crippen LogP contribution in [0, 0.1) is 6.92 Å². The molecule has 1 aromatic rings. The van der Waals surface area contributed by atoms with Crippen LogP contribution in [0.5, 0.6) is 0 Å². The summed E-state index contributed by atoms with van der Waals surface area (Å²) in [5, 5.41) is 3.42. The predicted molar refractivity (Wildman–Crippen MR) is 62.8 cm³/mol. The van der Waals surface area contributed by atoms with Gasteiger partial charge < -0.3 is 11.1 Å². The minimum Gasteiger partial charge on any atom is -0.367 e. The van der Waals surface area contributed by atoms with Crippen LogP contribution in [0.3, 0.4) is 0 Å². The number of aryl methyl sites for hydroxylation is 1. The number of nitrogens with zero attached hydrogens (tertiary/aromatic N) is 1. The van der Waals surface area contributed by atoms with Crippen LogP contribution in [-0.2, 0) is 0 Å². The molecule has 15 heavy (non-hydrogen) atoms. The normalized spacial score (nSPS) is 17.5. The second-order valence-electron chi connectivity index (χ2n) is 4.37. The lowest BCUT2D eigenvalue weighted by atomic mass is 10.1. The molecular weight excluding hydrogens is 186 g/mol. The summed E-state index contributed by atoms with van der Waals surface area (Å²) in [5.41, 5.74) is 8.30. The van der Waals surface area contributed by atoms with Gasteiger partial charge in [-0.1, -0.05) is 6.92 Å². The van der Waals surface area contributed by atoms with Crippen molar-refractivity contribution in [2.45, 2.75) is 45.2 Å². The summed E-state index contributed by atoms with van der Waals surface area (Å²) in [7, 11) is 0. The maximum atomic E-state index is 5.97. The SMILES string of the molecule is CCC(N)c1cnc(NC2CC2)c(C)c1. The molecule has 3 heteroatoms. The van der Waals surface area contributed by atoms with Crippen molar-refractivity contribution >= 4 is 5.82 Å². The summed E-state index contributed by atoms with van der Waals surface area (Å²) in [4.78, 5) is 4.44. The average Bonchev–Trinajstić information content (AvgIpc) is 3.04. The maximum Gasteiger partial charge on any atom is 0.129 e. The van der Waals surface area contributed by atoms with Crippen LogP contribution >= 0.6 is 0 Å². The Morgan fingerprint density at radius 3 is 2.87 bits per heavy atom. The Labute approximate surface area is 91.1 Å². The zero-order valence-corrected chi connectivity index (χ0v) is 9.46. The van der Waals surface area contributed by atoms with Crippen molar-refractivity contribution in [1.29, 1.82) is 0 Å². The van der Waals surface area contributed by atoms with Gasteiger partial charge in [-0.25, -0.2) is 4.98 Å². The third-order valence-electron chi connectivity index (χ3n) is 2.89.